The highest BCUT2D eigenvalue weighted by Gasteiger charge is 2.35. The molecule has 1 aliphatic carbocycles. The van der Waals surface area contributed by atoms with E-state index in [0.29, 0.717) is 12.1 Å². The van der Waals surface area contributed by atoms with Crippen molar-refractivity contribution in [1.29, 1.82) is 0 Å². The Labute approximate surface area is 271 Å². The molecule has 2 N–H and O–H groups in total. The Hall–Kier alpha value is -4.95. The number of ketones is 1. The number of fused-ring (bicyclic) bond motifs is 2. The van der Waals surface area contributed by atoms with Gasteiger partial charge in [-0.15, -0.1) is 0 Å². The minimum atomic E-state index is -4.71. The average molecular weight is 667 g/mol. The molecule has 250 valence electrons. The van der Waals surface area contributed by atoms with E-state index in [-0.39, 0.29) is 45.7 Å². The third-order valence-corrected chi connectivity index (χ3v) is 8.58. The van der Waals surface area contributed by atoms with E-state index in [2.05, 4.69) is 20.6 Å². The van der Waals surface area contributed by atoms with Gasteiger partial charge in [-0.05, 0) is 67.6 Å². The second-order valence-corrected chi connectivity index (χ2v) is 11.7. The third kappa shape index (κ3) is 6.58. The van der Waals surface area contributed by atoms with Gasteiger partial charge in [-0.25, -0.2) is 18.7 Å². The van der Waals surface area contributed by atoms with Gasteiger partial charge in [0.25, 0.3) is 0 Å². The summed E-state index contributed by atoms with van der Waals surface area (Å²) < 4.78 is 80.8. The number of rotatable bonds is 9. The Balaban J connectivity index is 1.20. The fraction of sp³-hybridized carbons (Fsp3) is 0.294. The molecule has 0 aliphatic heterocycles. The van der Waals surface area contributed by atoms with Crippen LogP contribution in [-0.2, 0) is 22.8 Å². The molecule has 1 aliphatic rings. The van der Waals surface area contributed by atoms with Gasteiger partial charge in [0.15, 0.2) is 0 Å². The maximum Gasteiger partial charge on any atom is 0.417 e. The molecule has 0 radical (unpaired) electrons. The van der Waals surface area contributed by atoms with Crippen LogP contribution in [0.3, 0.4) is 0 Å². The molecular weight excluding hydrogens is 635 g/mol. The zero-order valence-corrected chi connectivity index (χ0v) is 25.9. The first-order valence-electron chi connectivity index (χ1n) is 15.2. The van der Waals surface area contributed by atoms with Crippen LogP contribution in [0.4, 0.5) is 27.6 Å². The van der Waals surface area contributed by atoms with E-state index in [9.17, 15) is 22.8 Å². The standard InChI is InChI=1S/C34H31F5N6O3/c1-44-18-42-27-15-23(24(16-28(27)44)34(37,38)39)22-5-4-12-45-29(17-41-33(22)45)32(47)19-13-25(35)31(26(36)14-19)43-30(46)6-3-11-40-20-7-9-21(48-2)10-8-20/h3-6,12-18,20-21,40H,7-11H2,1-2H3,(H,43,46)/b6-3+. The molecule has 3 aromatic heterocycles. The van der Waals surface area contributed by atoms with Crippen molar-refractivity contribution in [3.05, 3.63) is 95.7 Å². The van der Waals surface area contributed by atoms with Crippen LogP contribution in [0.25, 0.3) is 27.8 Å². The summed E-state index contributed by atoms with van der Waals surface area (Å²) in [5, 5.41) is 5.49. The lowest BCUT2D eigenvalue weighted by molar-refractivity contribution is -0.137. The Morgan fingerprint density at radius 2 is 1.77 bits per heavy atom. The Kier molecular flexibility index (Phi) is 9.12. The number of anilines is 1. The van der Waals surface area contributed by atoms with Gasteiger partial charge in [-0.3, -0.25) is 14.0 Å². The first kappa shape index (κ1) is 33.0. The van der Waals surface area contributed by atoms with Crippen molar-refractivity contribution < 1.29 is 36.3 Å². The van der Waals surface area contributed by atoms with E-state index in [0.717, 1.165) is 56.2 Å². The quantitative estimate of drug-likeness (QED) is 0.106. The van der Waals surface area contributed by atoms with Crippen molar-refractivity contribution in [3.8, 4) is 11.1 Å². The van der Waals surface area contributed by atoms with Gasteiger partial charge < -0.3 is 19.9 Å². The summed E-state index contributed by atoms with van der Waals surface area (Å²) in [5.74, 6) is -3.95. The van der Waals surface area contributed by atoms with Gasteiger partial charge in [0, 0.05) is 50.1 Å². The van der Waals surface area contributed by atoms with Crippen molar-refractivity contribution in [2.75, 3.05) is 19.0 Å². The van der Waals surface area contributed by atoms with Crippen LogP contribution < -0.4 is 10.6 Å². The third-order valence-electron chi connectivity index (χ3n) is 8.58. The number of aryl methyl sites for hydroxylation is 1. The van der Waals surface area contributed by atoms with Crippen molar-refractivity contribution in [2.24, 2.45) is 7.05 Å². The lowest BCUT2D eigenvalue weighted by Crippen LogP contribution is -2.35. The van der Waals surface area contributed by atoms with Crippen LogP contribution in [0, 0.1) is 11.6 Å². The molecule has 1 amide bonds. The molecule has 14 heteroatoms. The van der Waals surface area contributed by atoms with E-state index in [4.69, 9.17) is 4.74 Å². The smallest absolute Gasteiger partial charge is 0.381 e. The number of carbonyl (C=O) groups is 2. The molecule has 5 aromatic rings. The number of carbonyl (C=O) groups excluding carboxylic acids is 2. The molecule has 6 rings (SSSR count). The van der Waals surface area contributed by atoms with Gasteiger partial charge in [-0.2, -0.15) is 13.2 Å². The molecule has 3 heterocycles. The van der Waals surface area contributed by atoms with E-state index in [1.165, 1.54) is 39.7 Å². The van der Waals surface area contributed by atoms with Crippen LogP contribution in [0.1, 0.15) is 47.3 Å². The molecule has 48 heavy (non-hydrogen) atoms. The second-order valence-electron chi connectivity index (χ2n) is 11.7. The number of imidazole rings is 2. The van der Waals surface area contributed by atoms with Crippen LogP contribution in [0.5, 0.6) is 0 Å². The number of pyridine rings is 1. The van der Waals surface area contributed by atoms with Crippen molar-refractivity contribution in [2.45, 2.75) is 44.0 Å². The number of nitrogens with zero attached hydrogens (tertiary/aromatic N) is 4. The van der Waals surface area contributed by atoms with Crippen LogP contribution in [0.15, 0.2) is 67.3 Å². The van der Waals surface area contributed by atoms with Crippen molar-refractivity contribution >= 4 is 34.1 Å². The first-order chi connectivity index (χ1) is 22.9. The summed E-state index contributed by atoms with van der Waals surface area (Å²) in [4.78, 5) is 34.2. The number of halogens is 5. The Morgan fingerprint density at radius 1 is 1.04 bits per heavy atom. The Bertz CT molecular complexity index is 2020. The van der Waals surface area contributed by atoms with Gasteiger partial charge in [-0.1, -0.05) is 6.08 Å². The SMILES string of the molecule is COC1CCC(NC/C=C/C(=O)Nc2c(F)cc(C(=O)c3cnc4c(-c5cc6ncn(C)c6cc5C(F)(F)F)cccn34)cc2F)CC1. The lowest BCUT2D eigenvalue weighted by atomic mass is 9.93. The number of aromatic nitrogens is 4. The fourth-order valence-electron chi connectivity index (χ4n) is 6.06. The normalized spacial score (nSPS) is 17.1. The molecule has 0 unspecified atom stereocenters. The minimum Gasteiger partial charge on any atom is -0.381 e. The number of amides is 1. The maximum absolute atomic E-state index is 15.1. The minimum absolute atomic E-state index is 0.0235. The van der Waals surface area contributed by atoms with Gasteiger partial charge in [0.2, 0.25) is 11.7 Å². The molecule has 0 saturated heterocycles. The van der Waals surface area contributed by atoms with Gasteiger partial charge in [0.1, 0.15) is 28.7 Å². The zero-order chi connectivity index (χ0) is 34.2. The number of hydrogen-bond donors (Lipinski definition) is 2. The van der Waals surface area contributed by atoms with Gasteiger partial charge in [0.05, 0.1) is 35.2 Å². The van der Waals surface area contributed by atoms with Gasteiger partial charge >= 0.3 is 6.18 Å². The summed E-state index contributed by atoms with van der Waals surface area (Å²) in [6, 6.07) is 7.04. The number of hydrogen-bond acceptors (Lipinski definition) is 6. The number of ether oxygens (including phenoxy) is 1. The second kappa shape index (κ2) is 13.3. The lowest BCUT2D eigenvalue weighted by Gasteiger charge is -2.27. The topological polar surface area (TPSA) is 103 Å². The zero-order valence-electron chi connectivity index (χ0n) is 25.9. The summed E-state index contributed by atoms with van der Waals surface area (Å²) in [6.07, 6.45) is 5.98. The summed E-state index contributed by atoms with van der Waals surface area (Å²) in [5.41, 5.74) is -1.65. The largest absolute Gasteiger partial charge is 0.417 e. The van der Waals surface area contributed by atoms with E-state index < -0.39 is 40.8 Å². The summed E-state index contributed by atoms with van der Waals surface area (Å²) >= 11 is 0. The summed E-state index contributed by atoms with van der Waals surface area (Å²) in [7, 11) is 3.28. The van der Waals surface area contributed by atoms with E-state index >= 15 is 8.78 Å². The van der Waals surface area contributed by atoms with Crippen LogP contribution >= 0.6 is 0 Å². The van der Waals surface area contributed by atoms with Crippen molar-refractivity contribution in [3.63, 3.8) is 0 Å². The highest BCUT2D eigenvalue weighted by molar-refractivity contribution is 6.09. The summed E-state index contributed by atoms with van der Waals surface area (Å²) in [6.45, 7) is 0.393. The predicted octanol–water partition coefficient (Wildman–Crippen LogP) is 6.46. The molecule has 1 saturated carbocycles. The van der Waals surface area contributed by atoms with Crippen LogP contribution in [-0.4, -0.2) is 56.4 Å². The monoisotopic (exact) mass is 666 g/mol. The molecule has 0 atom stereocenters. The average Bonchev–Trinajstić information content (AvgIpc) is 3.67. The first-order valence-corrected chi connectivity index (χ1v) is 15.2. The Morgan fingerprint density at radius 3 is 2.46 bits per heavy atom. The molecule has 2 aromatic carbocycles. The predicted molar refractivity (Wildman–Crippen MR) is 169 cm³/mol. The highest BCUT2D eigenvalue weighted by Crippen LogP contribution is 2.40. The number of nitrogens with one attached hydrogen (secondary N) is 2. The molecule has 9 nitrogen and oxygen atoms in total. The fourth-order valence-corrected chi connectivity index (χ4v) is 6.06. The van der Waals surface area contributed by atoms with Crippen molar-refractivity contribution in [1.82, 2.24) is 24.3 Å². The number of benzene rings is 2. The molecular formula is C34H31F5N6O3. The highest BCUT2D eigenvalue weighted by atomic mass is 19.4. The molecule has 1 fully saturated rings. The van der Waals surface area contributed by atoms with E-state index in [1.807, 2.05) is 0 Å². The molecule has 0 bridgehead atoms. The number of methoxy groups -OCH3 is 1. The maximum atomic E-state index is 15.1. The van der Waals surface area contributed by atoms with E-state index in [1.54, 1.807) is 20.2 Å². The van der Waals surface area contributed by atoms with Crippen LogP contribution in [0.2, 0.25) is 0 Å². The molecule has 0 spiro atoms. The number of alkyl halides is 3.